The summed E-state index contributed by atoms with van der Waals surface area (Å²) in [6.07, 6.45) is 0. The van der Waals surface area contributed by atoms with Crippen molar-refractivity contribution >= 4 is 40.0 Å². The minimum atomic E-state index is -2.04. The summed E-state index contributed by atoms with van der Waals surface area (Å²) in [7, 11) is -2.04. The molecule has 0 aliphatic carbocycles. The molecule has 10 aromatic rings. The van der Waals surface area contributed by atoms with E-state index in [4.69, 9.17) is 15.0 Å². The molecule has 0 spiro atoms. The number of hydrogen-bond acceptors (Lipinski definition) is 3. The molecule has 11 rings (SSSR count). The van der Waals surface area contributed by atoms with Crippen molar-refractivity contribution in [3.05, 3.63) is 200 Å². The van der Waals surface area contributed by atoms with Crippen molar-refractivity contribution < 1.29 is 0 Å². The normalized spacial score (nSPS) is 12.7. The Morgan fingerprint density at radius 2 is 0.661 bits per heavy atom. The van der Waals surface area contributed by atoms with Gasteiger partial charge in [-0.25, -0.2) is 15.0 Å². The summed E-state index contributed by atoms with van der Waals surface area (Å²) in [5, 5.41) is 7.64. The fourth-order valence-corrected chi connectivity index (χ4v) is 12.8. The molecule has 1 aliphatic rings. The van der Waals surface area contributed by atoms with Crippen molar-refractivity contribution in [1.29, 1.82) is 0 Å². The molecule has 0 unspecified atom stereocenters. The fraction of sp³-hybridized carbons (Fsp3) is 0.0364. The van der Waals surface area contributed by atoms with E-state index in [0.717, 1.165) is 38.6 Å². The van der Waals surface area contributed by atoms with Gasteiger partial charge in [0.2, 0.25) is 0 Å². The standard InChI is InChI=1S/C55H39N3Si/c1-59(2)49-27-14-13-20-42(49)47-25-15-26-48(52(47)59)50-43-21-9-11-23-45(43)51(46-24-12-10-22-44(46)50)55-57-53(40-32-28-38(29-33-40)36-16-5-3-6-17-36)56-54(58-55)41-34-30-39(31-35-41)37-18-7-4-8-19-37/h3-35H,1-2H3. The maximum absolute atomic E-state index is 5.36. The SMILES string of the molecule is C[Si]1(C)c2ccccc2-c2cccc(-c3c4ccccc4c(-c4nc(-c5ccc(-c6ccccc6)cc5)nc(-c5ccc(-c6ccccc6)cc5)n4)c4ccccc34)c21. The van der Waals surface area contributed by atoms with E-state index in [-0.39, 0.29) is 0 Å². The van der Waals surface area contributed by atoms with Crippen molar-refractivity contribution in [2.24, 2.45) is 0 Å². The molecule has 0 atom stereocenters. The zero-order valence-corrected chi connectivity index (χ0v) is 33.9. The van der Waals surface area contributed by atoms with Crippen LogP contribution in [0.1, 0.15) is 0 Å². The van der Waals surface area contributed by atoms with Crippen LogP contribution in [0.25, 0.3) is 100 Å². The third kappa shape index (κ3) is 5.83. The van der Waals surface area contributed by atoms with E-state index in [9.17, 15) is 0 Å². The van der Waals surface area contributed by atoms with E-state index in [1.807, 2.05) is 12.1 Å². The molecule has 0 amide bonds. The fourth-order valence-electron chi connectivity index (χ4n) is 9.35. The molecule has 0 saturated heterocycles. The number of fused-ring (bicyclic) bond motifs is 5. The smallest absolute Gasteiger partial charge is 0.165 e. The quantitative estimate of drug-likeness (QED) is 0.125. The Balaban J connectivity index is 1.14. The number of hydrogen-bond donors (Lipinski definition) is 0. The molecule has 0 bridgehead atoms. The van der Waals surface area contributed by atoms with Gasteiger partial charge in [0, 0.05) is 16.7 Å². The van der Waals surface area contributed by atoms with Gasteiger partial charge < -0.3 is 0 Å². The zero-order valence-electron chi connectivity index (χ0n) is 32.9. The van der Waals surface area contributed by atoms with Gasteiger partial charge in [-0.1, -0.05) is 213 Å². The second-order valence-corrected chi connectivity index (χ2v) is 20.2. The maximum Gasteiger partial charge on any atom is 0.165 e. The van der Waals surface area contributed by atoms with E-state index in [1.165, 1.54) is 54.5 Å². The molecule has 2 heterocycles. The van der Waals surface area contributed by atoms with Gasteiger partial charge in [0.05, 0.1) is 0 Å². The van der Waals surface area contributed by atoms with E-state index in [2.05, 4.69) is 201 Å². The topological polar surface area (TPSA) is 38.7 Å². The van der Waals surface area contributed by atoms with Crippen molar-refractivity contribution in [3.8, 4) is 78.7 Å². The van der Waals surface area contributed by atoms with Crippen LogP contribution in [0.15, 0.2) is 200 Å². The average molecular weight is 770 g/mol. The number of aromatic nitrogens is 3. The van der Waals surface area contributed by atoms with Crippen molar-refractivity contribution in [2.45, 2.75) is 13.1 Å². The molecule has 278 valence electrons. The van der Waals surface area contributed by atoms with Crippen LogP contribution in [-0.4, -0.2) is 23.0 Å². The third-order valence-corrected chi connectivity index (χ3v) is 15.7. The first-order chi connectivity index (χ1) is 29.0. The molecule has 1 aliphatic heterocycles. The lowest BCUT2D eigenvalue weighted by Crippen LogP contribution is -2.50. The molecular weight excluding hydrogens is 731 g/mol. The first-order valence-electron chi connectivity index (χ1n) is 20.3. The van der Waals surface area contributed by atoms with E-state index in [0.29, 0.717) is 17.5 Å². The Bertz CT molecular complexity index is 3050. The van der Waals surface area contributed by atoms with Crippen LogP contribution in [0.2, 0.25) is 13.1 Å². The highest BCUT2D eigenvalue weighted by Gasteiger charge is 2.39. The van der Waals surface area contributed by atoms with Crippen LogP contribution in [0, 0.1) is 0 Å². The third-order valence-electron chi connectivity index (χ3n) is 12.1. The predicted molar refractivity (Wildman–Crippen MR) is 250 cm³/mol. The minimum absolute atomic E-state index is 0.639. The predicted octanol–water partition coefficient (Wildman–Crippen LogP) is 13.0. The van der Waals surface area contributed by atoms with E-state index >= 15 is 0 Å². The van der Waals surface area contributed by atoms with E-state index in [1.54, 1.807) is 0 Å². The lowest BCUT2D eigenvalue weighted by molar-refractivity contribution is 1.08. The minimum Gasteiger partial charge on any atom is -0.208 e. The van der Waals surface area contributed by atoms with Gasteiger partial charge in [0.1, 0.15) is 8.07 Å². The molecule has 3 nitrogen and oxygen atoms in total. The van der Waals surface area contributed by atoms with Crippen LogP contribution in [0.3, 0.4) is 0 Å². The largest absolute Gasteiger partial charge is 0.208 e. The molecule has 9 aromatic carbocycles. The summed E-state index contributed by atoms with van der Waals surface area (Å²) >= 11 is 0. The molecule has 59 heavy (non-hydrogen) atoms. The van der Waals surface area contributed by atoms with Gasteiger partial charge in [-0.2, -0.15) is 0 Å². The number of rotatable bonds is 6. The van der Waals surface area contributed by atoms with Gasteiger partial charge in [-0.3, -0.25) is 0 Å². The number of nitrogens with zero attached hydrogens (tertiary/aromatic N) is 3. The first kappa shape index (κ1) is 34.9. The Labute approximate surface area is 345 Å². The first-order valence-corrected chi connectivity index (χ1v) is 23.3. The Morgan fingerprint density at radius 3 is 1.19 bits per heavy atom. The summed E-state index contributed by atoms with van der Waals surface area (Å²) in [5.41, 5.74) is 12.9. The average Bonchev–Trinajstić information content (AvgIpc) is 3.54. The Hall–Kier alpha value is -7.27. The highest BCUT2D eigenvalue weighted by atomic mass is 28.3. The molecule has 0 radical (unpaired) electrons. The summed E-state index contributed by atoms with van der Waals surface area (Å²) in [6, 6.07) is 71.7. The lowest BCUT2D eigenvalue weighted by Gasteiger charge is -2.24. The van der Waals surface area contributed by atoms with Gasteiger partial charge in [-0.15, -0.1) is 0 Å². The second-order valence-electron chi connectivity index (χ2n) is 15.9. The summed E-state index contributed by atoms with van der Waals surface area (Å²) in [6.45, 7) is 5.01. The van der Waals surface area contributed by atoms with Crippen molar-refractivity contribution in [2.75, 3.05) is 0 Å². The van der Waals surface area contributed by atoms with Crippen LogP contribution >= 0.6 is 0 Å². The summed E-state index contributed by atoms with van der Waals surface area (Å²) in [4.78, 5) is 15.9. The van der Waals surface area contributed by atoms with Gasteiger partial charge >= 0.3 is 0 Å². The van der Waals surface area contributed by atoms with Crippen LogP contribution in [0.5, 0.6) is 0 Å². The molecule has 4 heteroatoms. The van der Waals surface area contributed by atoms with Crippen molar-refractivity contribution in [3.63, 3.8) is 0 Å². The molecule has 0 fully saturated rings. The Morgan fingerprint density at radius 1 is 0.288 bits per heavy atom. The Kier molecular flexibility index (Phi) is 8.28. The van der Waals surface area contributed by atoms with Gasteiger partial charge in [0.15, 0.2) is 17.5 Å². The summed E-state index contributed by atoms with van der Waals surface area (Å²) < 4.78 is 0. The van der Waals surface area contributed by atoms with Gasteiger partial charge in [-0.05, 0) is 76.4 Å². The molecule has 0 N–H and O–H groups in total. The van der Waals surface area contributed by atoms with Gasteiger partial charge in [0.25, 0.3) is 0 Å². The molecular formula is C55H39N3Si. The van der Waals surface area contributed by atoms with Crippen LogP contribution in [-0.2, 0) is 0 Å². The molecule has 0 saturated carbocycles. The zero-order chi connectivity index (χ0) is 39.5. The van der Waals surface area contributed by atoms with E-state index < -0.39 is 8.07 Å². The molecule has 1 aromatic heterocycles. The number of benzene rings is 9. The maximum atomic E-state index is 5.36. The highest BCUT2D eigenvalue weighted by Crippen LogP contribution is 2.45. The van der Waals surface area contributed by atoms with Crippen LogP contribution in [0.4, 0.5) is 0 Å². The monoisotopic (exact) mass is 769 g/mol. The second kappa shape index (κ2) is 14.0. The lowest BCUT2D eigenvalue weighted by atomic mass is 9.87. The van der Waals surface area contributed by atoms with Crippen LogP contribution < -0.4 is 10.4 Å². The summed E-state index contributed by atoms with van der Waals surface area (Å²) in [5.74, 6) is 1.93. The van der Waals surface area contributed by atoms with Crippen molar-refractivity contribution in [1.82, 2.24) is 15.0 Å². The highest BCUT2D eigenvalue weighted by molar-refractivity contribution is 7.04.